The minimum absolute atomic E-state index is 0.0666. The fourth-order valence-electron chi connectivity index (χ4n) is 1.99. The molecule has 0 unspecified atom stereocenters. The molecule has 0 atom stereocenters. The normalized spacial score (nSPS) is 11.5. The highest BCUT2D eigenvalue weighted by atomic mass is 32.2. The summed E-state index contributed by atoms with van der Waals surface area (Å²) in [6, 6.07) is 7.26. The lowest BCUT2D eigenvalue weighted by atomic mass is 10.2. The van der Waals surface area contributed by atoms with Crippen LogP contribution in [0.5, 0.6) is 5.75 Å². The van der Waals surface area contributed by atoms with Crippen molar-refractivity contribution in [2.75, 3.05) is 25.7 Å². The van der Waals surface area contributed by atoms with Crippen molar-refractivity contribution in [3.63, 3.8) is 0 Å². The molecule has 6 nitrogen and oxygen atoms in total. The van der Waals surface area contributed by atoms with Gasteiger partial charge < -0.3 is 15.0 Å². The lowest BCUT2D eigenvalue weighted by Gasteiger charge is -2.02. The average molecular weight is 310 g/mol. The van der Waals surface area contributed by atoms with Crippen LogP contribution in [-0.2, 0) is 9.84 Å². The van der Waals surface area contributed by atoms with E-state index in [4.69, 9.17) is 4.74 Å². The van der Waals surface area contributed by atoms with Crippen LogP contribution in [0.25, 0.3) is 10.9 Å². The number of ether oxygens (including phenoxy) is 1. The maximum absolute atomic E-state index is 12.0. The molecule has 2 aromatic rings. The molecule has 0 aliphatic carbocycles. The zero-order valence-corrected chi connectivity index (χ0v) is 12.8. The summed E-state index contributed by atoms with van der Waals surface area (Å²) in [4.78, 5) is 15.0. The van der Waals surface area contributed by atoms with E-state index in [-0.39, 0.29) is 11.7 Å². The van der Waals surface area contributed by atoms with Crippen molar-refractivity contribution in [1.29, 1.82) is 0 Å². The Morgan fingerprint density at radius 2 is 2.10 bits per heavy atom. The van der Waals surface area contributed by atoms with Gasteiger partial charge in [0.1, 0.15) is 21.3 Å². The molecule has 0 aliphatic heterocycles. The number of aromatic amines is 1. The van der Waals surface area contributed by atoms with Crippen molar-refractivity contribution < 1.29 is 17.9 Å². The molecule has 1 heterocycles. The van der Waals surface area contributed by atoms with E-state index in [2.05, 4.69) is 10.3 Å². The molecule has 1 aromatic carbocycles. The highest BCUT2D eigenvalue weighted by Gasteiger charge is 2.10. The summed E-state index contributed by atoms with van der Waals surface area (Å²) in [5, 5.41) is 3.61. The Hall–Kier alpha value is -2.02. The molecule has 0 saturated carbocycles. The Morgan fingerprint density at radius 1 is 1.33 bits per heavy atom. The van der Waals surface area contributed by atoms with Gasteiger partial charge in [0.25, 0.3) is 5.91 Å². The monoisotopic (exact) mass is 310 g/mol. The second-order valence-corrected chi connectivity index (χ2v) is 7.14. The van der Waals surface area contributed by atoms with Crippen molar-refractivity contribution in [2.45, 2.75) is 6.42 Å². The molecule has 7 heteroatoms. The first-order chi connectivity index (χ1) is 9.89. The van der Waals surface area contributed by atoms with E-state index >= 15 is 0 Å². The van der Waals surface area contributed by atoms with Crippen LogP contribution in [0.15, 0.2) is 24.3 Å². The molecule has 1 amide bonds. The van der Waals surface area contributed by atoms with Gasteiger partial charge >= 0.3 is 0 Å². The van der Waals surface area contributed by atoms with Gasteiger partial charge in [-0.05, 0) is 24.6 Å². The first kappa shape index (κ1) is 15.4. The van der Waals surface area contributed by atoms with Gasteiger partial charge in [0.05, 0.1) is 12.9 Å². The van der Waals surface area contributed by atoms with Gasteiger partial charge in [0.15, 0.2) is 0 Å². The van der Waals surface area contributed by atoms with E-state index in [1.54, 1.807) is 13.2 Å². The Kier molecular flexibility index (Phi) is 4.52. The summed E-state index contributed by atoms with van der Waals surface area (Å²) in [6.45, 7) is 0.324. The number of fused-ring (bicyclic) bond motifs is 1. The van der Waals surface area contributed by atoms with E-state index in [9.17, 15) is 13.2 Å². The molecule has 21 heavy (non-hydrogen) atoms. The number of aromatic nitrogens is 1. The minimum atomic E-state index is -2.99. The molecule has 1 aromatic heterocycles. The highest BCUT2D eigenvalue weighted by molar-refractivity contribution is 7.90. The van der Waals surface area contributed by atoms with Gasteiger partial charge in [-0.15, -0.1) is 0 Å². The molecule has 0 spiro atoms. The number of sulfone groups is 1. The van der Waals surface area contributed by atoms with E-state index in [1.807, 2.05) is 18.2 Å². The summed E-state index contributed by atoms with van der Waals surface area (Å²) in [5.41, 5.74) is 1.26. The number of H-pyrrole nitrogens is 1. The highest BCUT2D eigenvalue weighted by Crippen LogP contribution is 2.21. The van der Waals surface area contributed by atoms with Crippen LogP contribution in [0.2, 0.25) is 0 Å². The van der Waals surface area contributed by atoms with Crippen molar-refractivity contribution in [1.82, 2.24) is 10.3 Å². The van der Waals surface area contributed by atoms with Gasteiger partial charge in [-0.2, -0.15) is 0 Å². The lowest BCUT2D eigenvalue weighted by Crippen LogP contribution is -2.26. The van der Waals surface area contributed by atoms with E-state index < -0.39 is 9.84 Å². The Balaban J connectivity index is 1.99. The summed E-state index contributed by atoms with van der Waals surface area (Å²) < 4.78 is 27.1. The van der Waals surface area contributed by atoms with Crippen LogP contribution in [-0.4, -0.2) is 45.0 Å². The van der Waals surface area contributed by atoms with Crippen LogP contribution in [0.3, 0.4) is 0 Å². The van der Waals surface area contributed by atoms with E-state index in [0.29, 0.717) is 24.4 Å². The van der Waals surface area contributed by atoms with Gasteiger partial charge in [0.2, 0.25) is 0 Å². The summed E-state index contributed by atoms with van der Waals surface area (Å²) in [7, 11) is -1.41. The third-order valence-corrected chi connectivity index (χ3v) is 4.08. The maximum atomic E-state index is 12.0. The van der Waals surface area contributed by atoms with Gasteiger partial charge in [-0.25, -0.2) is 8.42 Å². The third kappa shape index (κ3) is 4.22. The summed E-state index contributed by atoms with van der Waals surface area (Å²) in [5.74, 6) is 0.528. The standard InChI is InChI=1S/C14H18N2O4S/c1-20-11-5-4-10-8-13(16-12(10)9-11)14(17)15-6-3-7-21(2,18)19/h4-5,8-9,16H,3,6-7H2,1-2H3,(H,15,17). The summed E-state index contributed by atoms with van der Waals surface area (Å²) in [6.07, 6.45) is 1.58. The predicted molar refractivity (Wildman–Crippen MR) is 81.5 cm³/mol. The fraction of sp³-hybridized carbons (Fsp3) is 0.357. The molecular formula is C14H18N2O4S. The molecule has 0 aliphatic rings. The number of nitrogens with one attached hydrogen (secondary N) is 2. The molecule has 0 radical (unpaired) electrons. The number of methoxy groups -OCH3 is 1. The second-order valence-electron chi connectivity index (χ2n) is 4.88. The number of carbonyl (C=O) groups excluding carboxylic acids is 1. The number of hydrogen-bond donors (Lipinski definition) is 2. The zero-order valence-electron chi connectivity index (χ0n) is 12.0. The number of benzene rings is 1. The van der Waals surface area contributed by atoms with Crippen LogP contribution in [0.4, 0.5) is 0 Å². The van der Waals surface area contributed by atoms with Crippen LogP contribution in [0.1, 0.15) is 16.9 Å². The van der Waals surface area contributed by atoms with Crippen molar-refractivity contribution in [3.05, 3.63) is 30.0 Å². The molecule has 0 fully saturated rings. The topological polar surface area (TPSA) is 88.3 Å². The van der Waals surface area contributed by atoms with Gasteiger partial charge in [0, 0.05) is 29.8 Å². The third-order valence-electron chi connectivity index (χ3n) is 3.05. The first-order valence-electron chi connectivity index (χ1n) is 6.52. The van der Waals surface area contributed by atoms with Crippen molar-refractivity contribution >= 4 is 26.6 Å². The van der Waals surface area contributed by atoms with Crippen LogP contribution >= 0.6 is 0 Å². The zero-order chi connectivity index (χ0) is 15.5. The number of carbonyl (C=O) groups is 1. The molecule has 2 N–H and O–H groups in total. The van der Waals surface area contributed by atoms with E-state index in [1.165, 1.54) is 6.26 Å². The largest absolute Gasteiger partial charge is 0.497 e. The second kappa shape index (κ2) is 6.17. The lowest BCUT2D eigenvalue weighted by molar-refractivity contribution is 0.0949. The number of amides is 1. The number of hydrogen-bond acceptors (Lipinski definition) is 4. The maximum Gasteiger partial charge on any atom is 0.267 e. The van der Waals surface area contributed by atoms with Crippen LogP contribution in [0, 0.1) is 0 Å². The Morgan fingerprint density at radius 3 is 2.76 bits per heavy atom. The molecule has 114 valence electrons. The van der Waals surface area contributed by atoms with Gasteiger partial charge in [-0.1, -0.05) is 0 Å². The predicted octanol–water partition coefficient (Wildman–Crippen LogP) is 1.34. The van der Waals surface area contributed by atoms with Crippen molar-refractivity contribution in [2.24, 2.45) is 0 Å². The average Bonchev–Trinajstić information content (AvgIpc) is 2.85. The summed E-state index contributed by atoms with van der Waals surface area (Å²) >= 11 is 0. The first-order valence-corrected chi connectivity index (χ1v) is 8.58. The van der Waals surface area contributed by atoms with Crippen molar-refractivity contribution in [3.8, 4) is 5.75 Å². The molecule has 0 saturated heterocycles. The smallest absolute Gasteiger partial charge is 0.267 e. The fourth-order valence-corrected chi connectivity index (χ4v) is 2.66. The SMILES string of the molecule is COc1ccc2cc(C(=O)NCCCS(C)(=O)=O)[nH]c2c1. The van der Waals surface area contributed by atoms with E-state index in [0.717, 1.165) is 10.9 Å². The minimum Gasteiger partial charge on any atom is -0.497 e. The molecule has 2 rings (SSSR count). The number of rotatable bonds is 6. The Labute approximate surface area is 123 Å². The van der Waals surface area contributed by atoms with Crippen LogP contribution < -0.4 is 10.1 Å². The quantitative estimate of drug-likeness (QED) is 0.788. The molecule has 0 bridgehead atoms. The van der Waals surface area contributed by atoms with Gasteiger partial charge in [-0.3, -0.25) is 4.79 Å². The molecular weight excluding hydrogens is 292 g/mol. The Bertz CT molecular complexity index is 749.